The number of amides is 1. The highest BCUT2D eigenvalue weighted by atomic mass is 32.1. The molecule has 1 atom stereocenters. The minimum Gasteiger partial charge on any atom is -0.504 e. The largest absolute Gasteiger partial charge is 0.504 e. The number of aromatic nitrogens is 1. The number of carbonyl (C=O) groups is 2. The second kappa shape index (κ2) is 9.04. The Morgan fingerprint density at radius 1 is 1.11 bits per heavy atom. The molecule has 0 saturated carbocycles. The van der Waals surface area contributed by atoms with Gasteiger partial charge >= 0.3 is 0 Å². The highest BCUT2D eigenvalue weighted by Gasteiger charge is 2.46. The van der Waals surface area contributed by atoms with E-state index in [4.69, 9.17) is 9.15 Å². The first-order valence-corrected chi connectivity index (χ1v) is 12.8. The molecule has 1 aliphatic heterocycles. The molecule has 2 N–H and O–H groups in total. The molecular weight excluding hydrogens is 504 g/mol. The molecule has 0 saturated heterocycles. The Labute approximate surface area is 221 Å². The number of aryl methyl sites for hydroxylation is 1. The molecule has 9 heteroatoms. The minimum absolute atomic E-state index is 0.00358. The number of ether oxygens (including phenoxy) is 1. The second-order valence-electron chi connectivity index (χ2n) is 8.95. The molecule has 1 amide bonds. The maximum atomic E-state index is 13.8. The van der Waals surface area contributed by atoms with Crippen LogP contribution in [0.5, 0.6) is 11.5 Å². The average molecular weight is 527 g/mol. The van der Waals surface area contributed by atoms with Gasteiger partial charge < -0.3 is 19.4 Å². The van der Waals surface area contributed by atoms with Gasteiger partial charge in [-0.05, 0) is 61.4 Å². The summed E-state index contributed by atoms with van der Waals surface area (Å²) in [5, 5.41) is 22.4. The van der Waals surface area contributed by atoms with Crippen LogP contribution in [-0.2, 0) is 4.79 Å². The van der Waals surface area contributed by atoms with Crippen molar-refractivity contribution in [2.45, 2.75) is 19.9 Å². The van der Waals surface area contributed by atoms with Crippen LogP contribution in [0.3, 0.4) is 0 Å². The van der Waals surface area contributed by atoms with Crippen molar-refractivity contribution in [3.63, 3.8) is 0 Å². The molecule has 8 nitrogen and oxygen atoms in total. The van der Waals surface area contributed by atoms with Crippen molar-refractivity contribution < 1.29 is 29.0 Å². The summed E-state index contributed by atoms with van der Waals surface area (Å²) in [4.78, 5) is 33.3. The molecule has 0 spiro atoms. The smallest absolute Gasteiger partial charge is 0.296 e. The molecule has 3 aromatic carbocycles. The van der Waals surface area contributed by atoms with E-state index in [2.05, 4.69) is 4.98 Å². The molecule has 6 rings (SSSR count). The Morgan fingerprint density at radius 3 is 2.71 bits per heavy atom. The van der Waals surface area contributed by atoms with E-state index in [-0.39, 0.29) is 22.8 Å². The van der Waals surface area contributed by atoms with E-state index < -0.39 is 23.5 Å². The molecule has 2 aromatic heterocycles. The number of benzene rings is 3. The van der Waals surface area contributed by atoms with Gasteiger partial charge in [0.05, 0.1) is 28.4 Å². The van der Waals surface area contributed by atoms with Crippen molar-refractivity contribution in [2.24, 2.45) is 0 Å². The topological polar surface area (TPSA) is 113 Å². The van der Waals surface area contributed by atoms with Crippen molar-refractivity contribution in [1.82, 2.24) is 4.98 Å². The first-order valence-electron chi connectivity index (χ1n) is 12.0. The number of aliphatic hydroxyl groups excluding tert-OH is 1. The number of phenolic OH excluding ortho intramolecular Hbond substituents is 1. The number of ketones is 1. The Balaban J connectivity index is 1.53. The summed E-state index contributed by atoms with van der Waals surface area (Å²) >= 11 is 1.28. The zero-order valence-electron chi connectivity index (χ0n) is 20.5. The number of Topliss-reactive ketones (excluding diaryl/α,β-unsaturated/α-hetero) is 1. The van der Waals surface area contributed by atoms with E-state index in [1.54, 1.807) is 37.3 Å². The van der Waals surface area contributed by atoms with Gasteiger partial charge in [-0.15, -0.1) is 0 Å². The van der Waals surface area contributed by atoms with Crippen LogP contribution in [0.4, 0.5) is 5.13 Å². The number of nitrogens with zero attached hydrogens (tertiary/aromatic N) is 2. The summed E-state index contributed by atoms with van der Waals surface area (Å²) in [5.74, 6) is -1.95. The van der Waals surface area contributed by atoms with Crippen LogP contribution in [0.2, 0.25) is 0 Å². The molecule has 3 heterocycles. The molecule has 5 aromatic rings. The number of aliphatic hydroxyl groups is 1. The summed E-state index contributed by atoms with van der Waals surface area (Å²) < 4.78 is 12.2. The van der Waals surface area contributed by atoms with Gasteiger partial charge in [-0.25, -0.2) is 4.98 Å². The third-order valence-corrected chi connectivity index (χ3v) is 7.46. The molecule has 0 aliphatic carbocycles. The fourth-order valence-corrected chi connectivity index (χ4v) is 5.76. The quantitative estimate of drug-likeness (QED) is 0.252. The zero-order valence-corrected chi connectivity index (χ0v) is 21.3. The van der Waals surface area contributed by atoms with Gasteiger partial charge in [0.1, 0.15) is 5.58 Å². The number of phenols is 1. The number of rotatable bonds is 6. The maximum absolute atomic E-state index is 13.8. The zero-order chi connectivity index (χ0) is 26.6. The second-order valence-corrected chi connectivity index (χ2v) is 9.95. The SMILES string of the molecule is CCOc1cc([C@H]2C(C(=O)c3cc4ccccc4o3)=C(O)C(=O)N2c2nc3ccc(C)cc3s2)ccc1O. The lowest BCUT2D eigenvalue weighted by atomic mass is 9.95. The van der Waals surface area contributed by atoms with Crippen LogP contribution in [0.1, 0.15) is 34.6 Å². The molecule has 38 heavy (non-hydrogen) atoms. The lowest BCUT2D eigenvalue weighted by Gasteiger charge is -2.24. The molecule has 0 fully saturated rings. The van der Waals surface area contributed by atoms with Gasteiger partial charge in [0, 0.05) is 5.39 Å². The normalized spacial score (nSPS) is 15.7. The Kier molecular flexibility index (Phi) is 5.65. The number of anilines is 1. The Bertz CT molecular complexity index is 1750. The Morgan fingerprint density at radius 2 is 1.92 bits per heavy atom. The first kappa shape index (κ1) is 23.7. The third kappa shape index (κ3) is 3.79. The summed E-state index contributed by atoms with van der Waals surface area (Å²) in [7, 11) is 0. The van der Waals surface area contributed by atoms with Crippen LogP contribution < -0.4 is 9.64 Å². The number of aromatic hydroxyl groups is 1. The van der Waals surface area contributed by atoms with Crippen molar-refractivity contribution in [2.75, 3.05) is 11.5 Å². The fraction of sp³-hybridized carbons (Fsp3) is 0.138. The summed E-state index contributed by atoms with van der Waals surface area (Å²) in [6, 6.07) is 18.1. The van der Waals surface area contributed by atoms with Crippen LogP contribution in [-0.4, -0.2) is 33.5 Å². The number of carbonyl (C=O) groups excluding carboxylic acids is 2. The number of para-hydroxylation sites is 1. The number of fused-ring (bicyclic) bond motifs is 2. The van der Waals surface area contributed by atoms with E-state index in [1.165, 1.54) is 22.3 Å². The number of hydrogen-bond donors (Lipinski definition) is 2. The molecule has 1 aliphatic rings. The summed E-state index contributed by atoms with van der Waals surface area (Å²) in [6.45, 7) is 4.04. The van der Waals surface area contributed by atoms with Gasteiger partial charge in [0.2, 0.25) is 5.78 Å². The van der Waals surface area contributed by atoms with E-state index in [9.17, 15) is 19.8 Å². The van der Waals surface area contributed by atoms with Crippen LogP contribution >= 0.6 is 11.3 Å². The first-order chi connectivity index (χ1) is 18.4. The fourth-order valence-electron chi connectivity index (χ4n) is 4.67. The van der Waals surface area contributed by atoms with Crippen molar-refractivity contribution in [3.8, 4) is 11.5 Å². The van der Waals surface area contributed by atoms with Gasteiger partial charge in [-0.1, -0.05) is 41.7 Å². The standard InChI is InChI=1S/C29H22N2O6S/c1-3-36-21-14-17(9-11-19(21)32)25-24(26(33)22-13-16-6-4-5-7-20(16)37-22)27(34)28(35)31(25)29-30-18-10-8-15(2)12-23(18)38-29/h4-14,25,32,34H,3H2,1-2H3/t25-/m0/s1. The van der Waals surface area contributed by atoms with E-state index in [1.807, 2.05) is 37.3 Å². The lowest BCUT2D eigenvalue weighted by molar-refractivity contribution is -0.117. The summed E-state index contributed by atoms with van der Waals surface area (Å²) in [5.41, 5.74) is 2.56. The third-order valence-electron chi connectivity index (χ3n) is 6.44. The number of thiazole rings is 1. The summed E-state index contributed by atoms with van der Waals surface area (Å²) in [6.07, 6.45) is 0. The number of hydrogen-bond acceptors (Lipinski definition) is 8. The molecular formula is C29H22N2O6S. The van der Waals surface area contributed by atoms with Crippen molar-refractivity contribution >= 4 is 49.3 Å². The van der Waals surface area contributed by atoms with Crippen LogP contribution in [0, 0.1) is 6.92 Å². The van der Waals surface area contributed by atoms with E-state index >= 15 is 0 Å². The molecule has 0 bridgehead atoms. The van der Waals surface area contributed by atoms with Crippen LogP contribution in [0.15, 0.2) is 82.5 Å². The Hall–Kier alpha value is -4.63. The highest BCUT2D eigenvalue weighted by molar-refractivity contribution is 7.22. The van der Waals surface area contributed by atoms with Crippen LogP contribution in [0.25, 0.3) is 21.2 Å². The van der Waals surface area contributed by atoms with Gasteiger partial charge in [-0.3, -0.25) is 14.5 Å². The molecule has 190 valence electrons. The van der Waals surface area contributed by atoms with Crippen molar-refractivity contribution in [3.05, 3.63) is 94.9 Å². The predicted octanol–water partition coefficient (Wildman–Crippen LogP) is 6.24. The maximum Gasteiger partial charge on any atom is 0.296 e. The predicted molar refractivity (Wildman–Crippen MR) is 144 cm³/mol. The van der Waals surface area contributed by atoms with E-state index in [0.717, 1.165) is 15.6 Å². The number of furan rings is 1. The average Bonchev–Trinajstić information content (AvgIpc) is 3.59. The van der Waals surface area contributed by atoms with Gasteiger partial charge in [-0.2, -0.15) is 0 Å². The lowest BCUT2D eigenvalue weighted by Crippen LogP contribution is -2.31. The van der Waals surface area contributed by atoms with Gasteiger partial charge in [0.15, 0.2) is 28.1 Å². The van der Waals surface area contributed by atoms with Gasteiger partial charge in [0.25, 0.3) is 5.91 Å². The monoisotopic (exact) mass is 526 g/mol. The highest BCUT2D eigenvalue weighted by Crippen LogP contribution is 2.46. The minimum atomic E-state index is -1.04. The molecule has 0 unspecified atom stereocenters. The van der Waals surface area contributed by atoms with Crippen molar-refractivity contribution in [1.29, 1.82) is 0 Å². The molecule has 0 radical (unpaired) electrons. The van der Waals surface area contributed by atoms with E-state index in [0.29, 0.717) is 28.4 Å².